The lowest BCUT2D eigenvalue weighted by molar-refractivity contribution is -0.144. The Morgan fingerprint density at radius 1 is 1.25 bits per heavy atom. The van der Waals surface area contributed by atoms with E-state index in [9.17, 15) is 24.3 Å². The Kier molecular flexibility index (Phi) is 9.09. The largest absolute Gasteiger partial charge is 0.480 e. The summed E-state index contributed by atoms with van der Waals surface area (Å²) in [7, 11) is 0. The number of nitrogens with one attached hydrogen (secondary N) is 3. The first-order valence-electron chi connectivity index (χ1n) is 9.00. The van der Waals surface area contributed by atoms with Crippen LogP contribution in [0.3, 0.4) is 0 Å². The molecular formula is C17H28N6O5. The van der Waals surface area contributed by atoms with Crippen LogP contribution < -0.4 is 22.1 Å². The molecule has 0 aliphatic carbocycles. The zero-order valence-corrected chi connectivity index (χ0v) is 16.0. The molecule has 156 valence electrons. The van der Waals surface area contributed by atoms with Gasteiger partial charge >= 0.3 is 5.97 Å². The second-order valence-corrected chi connectivity index (χ2v) is 6.66. The molecule has 1 rings (SSSR count). The number of imidazole rings is 1. The highest BCUT2D eigenvalue weighted by molar-refractivity contribution is 5.92. The first-order valence-corrected chi connectivity index (χ1v) is 9.00. The van der Waals surface area contributed by atoms with Gasteiger partial charge in [-0.05, 0) is 12.3 Å². The first kappa shape index (κ1) is 23.1. The predicted molar refractivity (Wildman–Crippen MR) is 99.6 cm³/mol. The number of rotatable bonds is 12. The van der Waals surface area contributed by atoms with Gasteiger partial charge in [0.2, 0.25) is 17.7 Å². The second kappa shape index (κ2) is 11.0. The van der Waals surface area contributed by atoms with Crippen molar-refractivity contribution in [3.8, 4) is 0 Å². The molecule has 0 fully saturated rings. The van der Waals surface area contributed by atoms with Crippen molar-refractivity contribution >= 4 is 23.7 Å². The molecule has 11 heteroatoms. The van der Waals surface area contributed by atoms with E-state index in [2.05, 4.69) is 20.6 Å². The number of carboxylic acids is 1. The average Bonchev–Trinajstić information content (AvgIpc) is 3.14. The van der Waals surface area contributed by atoms with Gasteiger partial charge in [0.25, 0.3) is 0 Å². The fraction of sp³-hybridized carbons (Fsp3) is 0.588. The van der Waals surface area contributed by atoms with Crippen LogP contribution in [0.2, 0.25) is 0 Å². The predicted octanol–water partition coefficient (Wildman–Crippen LogP) is -1.35. The van der Waals surface area contributed by atoms with Crippen molar-refractivity contribution in [2.75, 3.05) is 0 Å². The van der Waals surface area contributed by atoms with E-state index in [4.69, 9.17) is 11.5 Å². The third-order valence-electron chi connectivity index (χ3n) is 4.42. The van der Waals surface area contributed by atoms with Crippen LogP contribution in [0.25, 0.3) is 0 Å². The zero-order chi connectivity index (χ0) is 21.3. The van der Waals surface area contributed by atoms with Crippen molar-refractivity contribution in [1.29, 1.82) is 0 Å². The summed E-state index contributed by atoms with van der Waals surface area (Å²) in [5.41, 5.74) is 11.6. The van der Waals surface area contributed by atoms with E-state index in [1.165, 1.54) is 12.5 Å². The number of aliphatic carboxylic acids is 1. The Morgan fingerprint density at radius 3 is 2.43 bits per heavy atom. The molecule has 1 aromatic heterocycles. The Labute approximate surface area is 162 Å². The molecule has 0 aromatic carbocycles. The number of primary amides is 1. The maximum atomic E-state index is 12.6. The third-order valence-corrected chi connectivity index (χ3v) is 4.42. The number of carboxylic acid groups (broad SMARTS) is 1. The zero-order valence-electron chi connectivity index (χ0n) is 16.0. The Morgan fingerprint density at radius 2 is 1.93 bits per heavy atom. The molecule has 0 radical (unpaired) electrons. The van der Waals surface area contributed by atoms with Crippen molar-refractivity contribution in [2.45, 2.75) is 57.7 Å². The van der Waals surface area contributed by atoms with Gasteiger partial charge in [0.1, 0.15) is 12.1 Å². The van der Waals surface area contributed by atoms with Gasteiger partial charge in [0, 0.05) is 24.7 Å². The number of carbonyl (C=O) groups is 4. The topological polar surface area (TPSA) is 193 Å². The smallest absolute Gasteiger partial charge is 0.326 e. The highest BCUT2D eigenvalue weighted by Crippen LogP contribution is 2.09. The van der Waals surface area contributed by atoms with E-state index < -0.39 is 41.8 Å². The molecule has 0 bridgehead atoms. The van der Waals surface area contributed by atoms with E-state index in [0.717, 1.165) is 0 Å². The molecule has 0 spiro atoms. The summed E-state index contributed by atoms with van der Waals surface area (Å²) in [6.45, 7) is 3.49. The summed E-state index contributed by atoms with van der Waals surface area (Å²) >= 11 is 0. The Hall–Kier alpha value is -2.95. The maximum absolute atomic E-state index is 12.6. The summed E-state index contributed by atoms with van der Waals surface area (Å²) in [6.07, 6.45) is 3.44. The molecule has 1 aromatic rings. The molecule has 1 heterocycles. The number of aromatic amines is 1. The lowest BCUT2D eigenvalue weighted by Crippen LogP contribution is -2.56. The summed E-state index contributed by atoms with van der Waals surface area (Å²) in [5.74, 6) is -3.48. The van der Waals surface area contributed by atoms with Gasteiger partial charge < -0.3 is 32.2 Å². The fourth-order valence-corrected chi connectivity index (χ4v) is 2.50. The van der Waals surface area contributed by atoms with Gasteiger partial charge in [-0.2, -0.15) is 0 Å². The van der Waals surface area contributed by atoms with E-state index in [0.29, 0.717) is 12.1 Å². The molecule has 0 unspecified atom stereocenters. The minimum atomic E-state index is -1.18. The van der Waals surface area contributed by atoms with E-state index >= 15 is 0 Å². The second-order valence-electron chi connectivity index (χ2n) is 6.66. The highest BCUT2D eigenvalue weighted by atomic mass is 16.4. The number of nitrogens with two attached hydrogens (primary N) is 2. The summed E-state index contributed by atoms with van der Waals surface area (Å²) in [4.78, 5) is 54.1. The van der Waals surface area contributed by atoms with Gasteiger partial charge in [-0.25, -0.2) is 9.78 Å². The van der Waals surface area contributed by atoms with Crippen molar-refractivity contribution in [3.05, 3.63) is 18.2 Å². The molecule has 3 amide bonds. The normalized spacial score (nSPS) is 15.1. The summed E-state index contributed by atoms with van der Waals surface area (Å²) in [6, 6.07) is -3.22. The van der Waals surface area contributed by atoms with Crippen molar-refractivity contribution in [1.82, 2.24) is 20.6 Å². The highest BCUT2D eigenvalue weighted by Gasteiger charge is 2.30. The molecular weight excluding hydrogens is 368 g/mol. The maximum Gasteiger partial charge on any atom is 0.326 e. The molecule has 0 saturated carbocycles. The van der Waals surface area contributed by atoms with Gasteiger partial charge in [-0.15, -0.1) is 0 Å². The lowest BCUT2D eigenvalue weighted by atomic mass is 9.98. The first-order chi connectivity index (χ1) is 13.1. The van der Waals surface area contributed by atoms with Gasteiger partial charge in [0.15, 0.2) is 0 Å². The van der Waals surface area contributed by atoms with Crippen LogP contribution in [0.5, 0.6) is 0 Å². The standard InChI is InChI=1S/C17H28N6O5/c1-3-9(2)14(17(27)28)23-16(26)12(4-5-13(19)24)22-15(25)11(18)6-10-7-20-8-21-10/h7-9,11-12,14H,3-6,18H2,1-2H3,(H2,19,24)(H,20,21)(H,22,25)(H,23,26)(H,27,28)/t9-,11-,12-,14-/m0/s1. The number of nitrogens with zero attached hydrogens (tertiary/aromatic N) is 1. The van der Waals surface area contributed by atoms with Crippen molar-refractivity contribution < 1.29 is 24.3 Å². The third kappa shape index (κ3) is 7.35. The number of carbonyl (C=O) groups excluding carboxylic acids is 3. The molecule has 4 atom stereocenters. The van der Waals surface area contributed by atoms with Crippen LogP contribution in [0.1, 0.15) is 38.8 Å². The van der Waals surface area contributed by atoms with E-state index in [1.807, 2.05) is 0 Å². The van der Waals surface area contributed by atoms with Crippen LogP contribution in [0.4, 0.5) is 0 Å². The molecule has 28 heavy (non-hydrogen) atoms. The lowest BCUT2D eigenvalue weighted by Gasteiger charge is -2.25. The average molecular weight is 396 g/mol. The van der Waals surface area contributed by atoms with E-state index in [1.54, 1.807) is 13.8 Å². The number of hydrogen-bond donors (Lipinski definition) is 6. The number of H-pyrrole nitrogens is 1. The molecule has 0 aliphatic heterocycles. The molecule has 11 nitrogen and oxygen atoms in total. The van der Waals surface area contributed by atoms with Crippen LogP contribution in [-0.2, 0) is 25.6 Å². The molecule has 0 saturated heterocycles. The number of amides is 3. The van der Waals surface area contributed by atoms with Crippen LogP contribution >= 0.6 is 0 Å². The molecule has 8 N–H and O–H groups in total. The van der Waals surface area contributed by atoms with Gasteiger partial charge in [-0.3, -0.25) is 14.4 Å². The fourth-order valence-electron chi connectivity index (χ4n) is 2.50. The molecule has 0 aliphatic rings. The minimum Gasteiger partial charge on any atom is -0.480 e. The van der Waals surface area contributed by atoms with Gasteiger partial charge in [0.05, 0.1) is 12.4 Å². The summed E-state index contributed by atoms with van der Waals surface area (Å²) < 4.78 is 0. The summed E-state index contributed by atoms with van der Waals surface area (Å²) in [5, 5.41) is 14.2. The number of hydrogen-bond acceptors (Lipinski definition) is 6. The quantitative estimate of drug-likeness (QED) is 0.251. The van der Waals surface area contributed by atoms with Crippen LogP contribution in [0.15, 0.2) is 12.5 Å². The minimum absolute atomic E-state index is 0.0729. The van der Waals surface area contributed by atoms with Crippen LogP contribution in [0, 0.1) is 5.92 Å². The van der Waals surface area contributed by atoms with Gasteiger partial charge in [-0.1, -0.05) is 20.3 Å². The van der Waals surface area contributed by atoms with Crippen molar-refractivity contribution in [3.63, 3.8) is 0 Å². The Bertz CT molecular complexity index is 678. The monoisotopic (exact) mass is 396 g/mol. The SMILES string of the molecule is CC[C@H](C)[C@H](NC(=O)[C@H](CCC(N)=O)NC(=O)[C@@H](N)Cc1cnc[nH]1)C(=O)O. The Balaban J connectivity index is 2.82. The van der Waals surface area contributed by atoms with Crippen molar-refractivity contribution in [2.24, 2.45) is 17.4 Å². The van der Waals surface area contributed by atoms with Crippen LogP contribution in [-0.4, -0.2) is 56.9 Å². The number of aromatic nitrogens is 2. The van der Waals surface area contributed by atoms with E-state index in [-0.39, 0.29) is 25.2 Å².